The maximum atomic E-state index is 13.2. The number of rotatable bonds is 14. The van der Waals surface area contributed by atoms with Crippen LogP contribution in [0, 0.1) is 44.3 Å². The standard InChI is InChI=1S/C44H76O4/c1-9-10-11-12-13-14-15-16-17-18-19-20-38(47)48-37-24-25-41(6)34(40(37,4)5)23-26-42(7)35(41)22-21-32-33-29-39(2,3)27-28-44(33,31-45)36(46)30-43(32,42)8/h34-37,45-46H,9-31H2,1-8H3/t34-,35+,36-,37-,41-,42+,43+,44+/m0/s1. The van der Waals surface area contributed by atoms with Crippen LogP contribution < -0.4 is 0 Å². The molecule has 0 spiro atoms. The van der Waals surface area contributed by atoms with E-state index in [9.17, 15) is 15.0 Å². The van der Waals surface area contributed by atoms with Crippen molar-refractivity contribution >= 4 is 5.97 Å². The molecule has 0 saturated heterocycles. The van der Waals surface area contributed by atoms with Crippen molar-refractivity contribution in [3.8, 4) is 0 Å². The van der Waals surface area contributed by atoms with E-state index in [2.05, 4.69) is 55.4 Å². The van der Waals surface area contributed by atoms with Crippen LogP contribution in [-0.4, -0.2) is 35.0 Å². The average molecular weight is 669 g/mol. The van der Waals surface area contributed by atoms with E-state index in [1.54, 1.807) is 5.57 Å². The summed E-state index contributed by atoms with van der Waals surface area (Å²) >= 11 is 0. The van der Waals surface area contributed by atoms with Gasteiger partial charge in [0.1, 0.15) is 6.10 Å². The Balaban J connectivity index is 1.21. The maximum Gasteiger partial charge on any atom is 0.306 e. The summed E-state index contributed by atoms with van der Waals surface area (Å²) in [5.41, 5.74) is 3.02. The lowest BCUT2D eigenvalue weighted by molar-refractivity contribution is -0.219. The van der Waals surface area contributed by atoms with E-state index in [1.807, 2.05) is 0 Å². The van der Waals surface area contributed by atoms with E-state index >= 15 is 0 Å². The molecule has 5 aliphatic carbocycles. The van der Waals surface area contributed by atoms with Gasteiger partial charge in [-0.3, -0.25) is 4.79 Å². The van der Waals surface area contributed by atoms with Crippen LogP contribution >= 0.6 is 0 Å². The molecule has 4 heteroatoms. The first-order valence-electron chi connectivity index (χ1n) is 20.8. The largest absolute Gasteiger partial charge is 0.462 e. The Morgan fingerprint density at radius 2 is 1.38 bits per heavy atom. The molecule has 5 rings (SSSR count). The van der Waals surface area contributed by atoms with Crippen LogP contribution in [0.5, 0.6) is 0 Å². The second-order valence-corrected chi connectivity index (χ2v) is 19.9. The van der Waals surface area contributed by atoms with E-state index in [-0.39, 0.29) is 45.8 Å². The number of ether oxygens (including phenoxy) is 1. The van der Waals surface area contributed by atoms with Crippen LogP contribution in [0.3, 0.4) is 0 Å². The normalized spacial score (nSPS) is 40.0. The highest BCUT2D eigenvalue weighted by Crippen LogP contribution is 2.75. The molecule has 0 radical (unpaired) electrons. The summed E-state index contributed by atoms with van der Waals surface area (Å²) in [6.45, 7) is 19.6. The van der Waals surface area contributed by atoms with E-state index in [0.717, 1.165) is 70.6 Å². The fourth-order valence-electron chi connectivity index (χ4n) is 13.0. The van der Waals surface area contributed by atoms with Crippen molar-refractivity contribution in [2.75, 3.05) is 6.61 Å². The minimum atomic E-state index is -0.477. The highest BCUT2D eigenvalue weighted by Gasteiger charge is 2.69. The summed E-state index contributed by atoms with van der Waals surface area (Å²) in [5.74, 6) is 1.12. The van der Waals surface area contributed by atoms with Crippen LogP contribution in [0.4, 0.5) is 0 Å². The summed E-state index contributed by atoms with van der Waals surface area (Å²) in [5, 5.41) is 22.8. The van der Waals surface area contributed by atoms with Gasteiger partial charge in [0.15, 0.2) is 0 Å². The lowest BCUT2D eigenvalue weighted by Crippen LogP contribution is -2.65. The minimum absolute atomic E-state index is 0.00291. The first-order chi connectivity index (χ1) is 22.6. The number of esters is 1. The van der Waals surface area contributed by atoms with Gasteiger partial charge in [0.05, 0.1) is 12.7 Å². The van der Waals surface area contributed by atoms with Gasteiger partial charge in [-0.05, 0) is 104 Å². The molecule has 0 bridgehead atoms. The Labute approximate surface area is 296 Å². The van der Waals surface area contributed by atoms with Crippen LogP contribution in [0.25, 0.3) is 0 Å². The molecule has 0 aromatic rings. The minimum Gasteiger partial charge on any atom is -0.462 e. The lowest BCUT2D eigenvalue weighted by atomic mass is 9.34. The quantitative estimate of drug-likeness (QED) is 0.110. The molecule has 8 atom stereocenters. The molecule has 4 fully saturated rings. The number of hydrogen-bond acceptors (Lipinski definition) is 4. The molecular formula is C44H76O4. The van der Waals surface area contributed by atoms with Crippen molar-refractivity contribution in [3.05, 3.63) is 11.1 Å². The summed E-state index contributed by atoms with van der Waals surface area (Å²) in [6, 6.07) is 0. The topological polar surface area (TPSA) is 66.8 Å². The van der Waals surface area contributed by atoms with Gasteiger partial charge in [0, 0.05) is 17.3 Å². The fourth-order valence-corrected chi connectivity index (χ4v) is 13.0. The highest BCUT2D eigenvalue weighted by atomic mass is 16.5. The Morgan fingerprint density at radius 1 is 0.750 bits per heavy atom. The van der Waals surface area contributed by atoms with Crippen molar-refractivity contribution in [2.45, 2.75) is 209 Å². The highest BCUT2D eigenvalue weighted by molar-refractivity contribution is 5.69. The first-order valence-corrected chi connectivity index (χ1v) is 20.8. The fraction of sp³-hybridized carbons (Fsp3) is 0.932. The summed E-state index contributed by atoms with van der Waals surface area (Å²) in [7, 11) is 0. The predicted octanol–water partition coefficient (Wildman–Crippen LogP) is 11.5. The smallest absolute Gasteiger partial charge is 0.306 e. The molecule has 0 aromatic heterocycles. The Kier molecular flexibility index (Phi) is 11.7. The van der Waals surface area contributed by atoms with Gasteiger partial charge in [-0.25, -0.2) is 0 Å². The van der Waals surface area contributed by atoms with Crippen molar-refractivity contribution < 1.29 is 19.7 Å². The zero-order chi connectivity index (χ0) is 35.0. The average Bonchev–Trinajstić information content (AvgIpc) is 3.01. The van der Waals surface area contributed by atoms with Crippen LogP contribution in [0.2, 0.25) is 0 Å². The molecule has 276 valence electrons. The van der Waals surface area contributed by atoms with Gasteiger partial charge in [-0.2, -0.15) is 0 Å². The monoisotopic (exact) mass is 669 g/mol. The molecule has 0 heterocycles. The van der Waals surface area contributed by atoms with Crippen LogP contribution in [-0.2, 0) is 9.53 Å². The number of aliphatic hydroxyl groups is 2. The first kappa shape index (κ1) is 38.4. The van der Waals surface area contributed by atoms with Crippen LogP contribution in [0.1, 0.15) is 197 Å². The van der Waals surface area contributed by atoms with E-state index in [0.29, 0.717) is 18.3 Å². The van der Waals surface area contributed by atoms with Gasteiger partial charge in [-0.1, -0.05) is 131 Å². The Morgan fingerprint density at radius 3 is 2.00 bits per heavy atom. The van der Waals surface area contributed by atoms with E-state index < -0.39 is 11.5 Å². The van der Waals surface area contributed by atoms with Crippen molar-refractivity contribution in [1.82, 2.24) is 0 Å². The van der Waals surface area contributed by atoms with Gasteiger partial charge < -0.3 is 14.9 Å². The van der Waals surface area contributed by atoms with E-state index in [4.69, 9.17) is 4.74 Å². The Bertz CT molecular complexity index is 1150. The molecule has 4 saturated carbocycles. The van der Waals surface area contributed by atoms with Gasteiger partial charge in [0.25, 0.3) is 0 Å². The van der Waals surface area contributed by atoms with Gasteiger partial charge >= 0.3 is 5.97 Å². The molecule has 4 nitrogen and oxygen atoms in total. The predicted molar refractivity (Wildman–Crippen MR) is 199 cm³/mol. The molecule has 0 unspecified atom stereocenters. The second-order valence-electron chi connectivity index (χ2n) is 19.9. The number of unbranched alkanes of at least 4 members (excludes halogenated alkanes) is 10. The molecule has 5 aliphatic rings. The lowest BCUT2D eigenvalue weighted by Gasteiger charge is -2.71. The number of hydrogen-bond donors (Lipinski definition) is 2. The third-order valence-electron chi connectivity index (χ3n) is 16.2. The molecule has 2 N–H and O–H groups in total. The van der Waals surface area contributed by atoms with Crippen molar-refractivity contribution in [2.24, 2.45) is 44.3 Å². The number of carbonyl (C=O) groups is 1. The number of carbonyl (C=O) groups excluding carboxylic acids is 1. The molecular weight excluding hydrogens is 592 g/mol. The number of allylic oxidation sites excluding steroid dienone is 1. The zero-order valence-corrected chi connectivity index (χ0v) is 32.8. The third kappa shape index (κ3) is 6.75. The third-order valence-corrected chi connectivity index (χ3v) is 16.2. The van der Waals surface area contributed by atoms with Gasteiger partial charge in [0.2, 0.25) is 0 Å². The Hall–Kier alpha value is -0.870. The molecule has 0 aliphatic heterocycles. The molecule has 48 heavy (non-hydrogen) atoms. The van der Waals surface area contributed by atoms with Crippen molar-refractivity contribution in [3.63, 3.8) is 0 Å². The number of aliphatic hydroxyl groups excluding tert-OH is 2. The maximum absolute atomic E-state index is 13.2. The number of fused-ring (bicyclic) bond motifs is 6. The second kappa shape index (κ2) is 14.6. The van der Waals surface area contributed by atoms with Crippen molar-refractivity contribution in [1.29, 1.82) is 0 Å². The van der Waals surface area contributed by atoms with Gasteiger partial charge in [-0.15, -0.1) is 0 Å². The van der Waals surface area contributed by atoms with Crippen LogP contribution in [0.15, 0.2) is 11.1 Å². The zero-order valence-electron chi connectivity index (χ0n) is 32.8. The summed E-state index contributed by atoms with van der Waals surface area (Å²) < 4.78 is 6.37. The SMILES string of the molecule is CCCCCCCCCCCCCC(=O)O[C@H]1CC[C@]2(C)[C@H]3CCC4=C5CC(C)(C)CC[C@]5(CO)[C@@H](O)C[C@@]4(C)[C@]3(C)CC[C@H]2C1(C)C. The molecule has 0 amide bonds. The summed E-state index contributed by atoms with van der Waals surface area (Å²) in [6.07, 6.45) is 24.8. The summed E-state index contributed by atoms with van der Waals surface area (Å²) in [4.78, 5) is 13.2. The van der Waals surface area contributed by atoms with E-state index in [1.165, 1.54) is 69.8 Å². The molecule has 0 aromatic carbocycles.